The van der Waals surface area contributed by atoms with Gasteiger partial charge in [-0.2, -0.15) is 0 Å². The molecule has 0 aromatic heterocycles. The molecule has 62 heavy (non-hydrogen) atoms. The predicted molar refractivity (Wildman–Crippen MR) is 254 cm³/mol. The Kier molecular flexibility index (Phi) is 76.2. The van der Waals surface area contributed by atoms with E-state index in [2.05, 4.69) is 20.8 Å². The summed E-state index contributed by atoms with van der Waals surface area (Å²) in [7, 11) is 0. The molecule has 8 heteroatoms. The van der Waals surface area contributed by atoms with Crippen LogP contribution in [0.4, 0.5) is 0 Å². The minimum atomic E-state index is -0.903. The van der Waals surface area contributed by atoms with Crippen LogP contribution < -0.4 is 15.3 Å². The van der Waals surface area contributed by atoms with Gasteiger partial charge in [-0.3, -0.25) is 0 Å². The molecule has 0 spiro atoms. The van der Waals surface area contributed by atoms with Crippen molar-refractivity contribution in [1.29, 1.82) is 0 Å². The third kappa shape index (κ3) is 79.8. The van der Waals surface area contributed by atoms with Gasteiger partial charge in [-0.25, -0.2) is 0 Å². The molecule has 0 fully saturated rings. The molecule has 1 radical (unpaired) electrons. The van der Waals surface area contributed by atoms with Crippen molar-refractivity contribution in [2.75, 3.05) is 0 Å². The standard InChI is InChI=1S/3C18H36O2.2Fe/c3*1-2-3-4-5-6-7-8-9-10-11-12-13-14-15-16-17-18(19)20;;/h3*2-17H2,1H3,(H,19,20);;/q;;;;+3/p-3. The number of carbonyl (C=O) groups is 3. The molecule has 373 valence electrons. The van der Waals surface area contributed by atoms with Gasteiger partial charge in [0.1, 0.15) is 0 Å². The Labute approximate surface area is 408 Å². The van der Waals surface area contributed by atoms with Crippen LogP contribution in [-0.2, 0) is 48.5 Å². The maximum atomic E-state index is 10.2. The van der Waals surface area contributed by atoms with E-state index < -0.39 is 17.9 Å². The van der Waals surface area contributed by atoms with Crippen LogP contribution in [0.2, 0.25) is 0 Å². The molecule has 0 rings (SSSR count). The molecule has 0 saturated heterocycles. The molecular formula is C54H105Fe2O6. The molecule has 0 aliphatic rings. The fraction of sp³-hybridized carbons (Fsp3) is 0.944. The maximum Gasteiger partial charge on any atom is 3.00 e. The topological polar surface area (TPSA) is 120 Å². The van der Waals surface area contributed by atoms with E-state index in [0.717, 1.165) is 38.5 Å². The Bertz CT molecular complexity index is 722. The van der Waals surface area contributed by atoms with E-state index in [1.165, 1.54) is 250 Å². The molecule has 0 N–H and O–H groups in total. The van der Waals surface area contributed by atoms with Gasteiger partial charge in [0.25, 0.3) is 0 Å². The third-order valence-corrected chi connectivity index (χ3v) is 12.0. The molecule has 0 unspecified atom stereocenters. The average molecular weight is 962 g/mol. The van der Waals surface area contributed by atoms with Crippen LogP contribution in [0, 0.1) is 0 Å². The summed E-state index contributed by atoms with van der Waals surface area (Å²) < 4.78 is 0. The van der Waals surface area contributed by atoms with E-state index in [0.29, 0.717) is 0 Å². The van der Waals surface area contributed by atoms with Crippen molar-refractivity contribution in [2.24, 2.45) is 0 Å². The zero-order valence-corrected chi connectivity index (χ0v) is 43.8. The van der Waals surface area contributed by atoms with Crippen molar-refractivity contribution in [2.45, 2.75) is 329 Å². The van der Waals surface area contributed by atoms with Crippen molar-refractivity contribution < 1.29 is 63.8 Å². The van der Waals surface area contributed by atoms with Gasteiger partial charge in [0.15, 0.2) is 0 Å². The van der Waals surface area contributed by atoms with Crippen molar-refractivity contribution in [3.05, 3.63) is 0 Å². The first-order valence-electron chi connectivity index (χ1n) is 26.9. The second-order valence-electron chi connectivity index (χ2n) is 18.2. The zero-order chi connectivity index (χ0) is 44.7. The smallest absolute Gasteiger partial charge is 0.550 e. The molecule has 0 aromatic rings. The number of carboxylic acids is 3. The molecule has 0 aromatic carbocycles. The normalized spacial score (nSPS) is 10.5. The molecule has 0 aliphatic carbocycles. The minimum Gasteiger partial charge on any atom is -0.550 e. The fourth-order valence-corrected chi connectivity index (χ4v) is 7.92. The van der Waals surface area contributed by atoms with Crippen LogP contribution >= 0.6 is 0 Å². The van der Waals surface area contributed by atoms with Crippen molar-refractivity contribution >= 4 is 17.9 Å². The second-order valence-corrected chi connectivity index (χ2v) is 18.2. The molecule has 0 heterocycles. The Balaban J connectivity index is -0.000000258. The van der Waals surface area contributed by atoms with Crippen molar-refractivity contribution in [3.8, 4) is 0 Å². The summed E-state index contributed by atoms with van der Waals surface area (Å²) in [5.41, 5.74) is 0. The summed E-state index contributed by atoms with van der Waals surface area (Å²) >= 11 is 0. The molecule has 6 nitrogen and oxygen atoms in total. The number of hydrogen-bond donors (Lipinski definition) is 0. The first kappa shape index (κ1) is 70.5. The van der Waals surface area contributed by atoms with Crippen LogP contribution in [0.15, 0.2) is 0 Å². The summed E-state index contributed by atoms with van der Waals surface area (Å²) in [4.78, 5) is 30.7. The minimum absolute atomic E-state index is 0. The molecule has 0 atom stereocenters. The molecule has 0 amide bonds. The SMILES string of the molecule is CCCCCCCCCCCCCCCCCC(=O)[O-].CCCCCCCCCCCCCCCCCC(=O)[O-].CCCCCCCCCCCCCCCCCC(=O)[O-].[Fe+3].[Fe]. The third-order valence-electron chi connectivity index (χ3n) is 12.0. The van der Waals surface area contributed by atoms with E-state index in [1.807, 2.05) is 0 Å². The van der Waals surface area contributed by atoms with Crippen molar-refractivity contribution in [1.82, 2.24) is 0 Å². The van der Waals surface area contributed by atoms with Crippen LogP contribution in [0.1, 0.15) is 329 Å². The van der Waals surface area contributed by atoms with Gasteiger partial charge in [0, 0.05) is 35.0 Å². The Morgan fingerprint density at radius 3 is 0.419 bits per heavy atom. The summed E-state index contributed by atoms with van der Waals surface area (Å²) in [5.74, 6) is -2.71. The second kappa shape index (κ2) is 67.0. The van der Waals surface area contributed by atoms with Crippen LogP contribution in [0.3, 0.4) is 0 Å². The van der Waals surface area contributed by atoms with E-state index in [-0.39, 0.29) is 53.4 Å². The van der Waals surface area contributed by atoms with E-state index >= 15 is 0 Å². The van der Waals surface area contributed by atoms with E-state index in [4.69, 9.17) is 0 Å². The average Bonchev–Trinajstić information content (AvgIpc) is 3.22. The number of hydrogen-bond acceptors (Lipinski definition) is 6. The largest absolute Gasteiger partial charge is 3.00 e. The number of aliphatic carboxylic acids is 3. The van der Waals surface area contributed by atoms with Crippen LogP contribution in [0.25, 0.3) is 0 Å². The van der Waals surface area contributed by atoms with Crippen LogP contribution in [-0.4, -0.2) is 17.9 Å². The Hall–Kier alpha value is -0.551. The van der Waals surface area contributed by atoms with Gasteiger partial charge in [0.05, 0.1) is 0 Å². The molecule has 0 bridgehead atoms. The quantitative estimate of drug-likeness (QED) is 0.0442. The Morgan fingerprint density at radius 2 is 0.323 bits per heavy atom. The molecule has 0 saturated carbocycles. The van der Waals surface area contributed by atoms with Crippen molar-refractivity contribution in [3.63, 3.8) is 0 Å². The van der Waals surface area contributed by atoms with Gasteiger partial charge in [0.2, 0.25) is 0 Å². The molecular weight excluding hydrogens is 856 g/mol. The first-order chi connectivity index (χ1) is 29.3. The van der Waals surface area contributed by atoms with Gasteiger partial charge in [-0.05, 0) is 38.5 Å². The summed E-state index contributed by atoms with van der Waals surface area (Å²) in [6, 6.07) is 0. The maximum absolute atomic E-state index is 10.2. The monoisotopic (exact) mass is 962 g/mol. The van der Waals surface area contributed by atoms with Gasteiger partial charge < -0.3 is 29.7 Å². The first-order valence-corrected chi connectivity index (χ1v) is 26.9. The van der Waals surface area contributed by atoms with Gasteiger partial charge in [-0.15, -0.1) is 0 Å². The number of unbranched alkanes of at least 4 members (excludes halogenated alkanes) is 42. The zero-order valence-electron chi connectivity index (χ0n) is 41.6. The van der Waals surface area contributed by atoms with E-state index in [9.17, 15) is 29.7 Å². The number of carbonyl (C=O) groups excluding carboxylic acids is 3. The number of rotatable bonds is 48. The van der Waals surface area contributed by atoms with Gasteiger partial charge in [-0.1, -0.05) is 290 Å². The summed E-state index contributed by atoms with van der Waals surface area (Å²) in [5, 5.41) is 30.7. The number of carboxylic acid groups (broad SMARTS) is 3. The molecule has 0 aliphatic heterocycles. The predicted octanol–water partition coefficient (Wildman–Crippen LogP) is 15.0. The van der Waals surface area contributed by atoms with E-state index in [1.54, 1.807) is 0 Å². The summed E-state index contributed by atoms with van der Waals surface area (Å²) in [6.45, 7) is 6.80. The van der Waals surface area contributed by atoms with Gasteiger partial charge >= 0.3 is 17.1 Å². The summed E-state index contributed by atoms with van der Waals surface area (Å²) in [6.07, 6.45) is 59.6. The Morgan fingerprint density at radius 1 is 0.226 bits per heavy atom. The van der Waals surface area contributed by atoms with Crippen LogP contribution in [0.5, 0.6) is 0 Å². The fourth-order valence-electron chi connectivity index (χ4n) is 7.92.